The van der Waals surface area contributed by atoms with Crippen LogP contribution in [0.2, 0.25) is 0 Å². The van der Waals surface area contributed by atoms with Gasteiger partial charge in [0, 0.05) is 9.79 Å². The zero-order chi connectivity index (χ0) is 20.5. The van der Waals surface area contributed by atoms with Crippen molar-refractivity contribution in [2.24, 2.45) is 0 Å². The molecule has 0 saturated carbocycles. The first-order valence-electron chi connectivity index (χ1n) is 9.43. The number of carbonyl (C=O) groups is 1. The van der Waals surface area contributed by atoms with Crippen molar-refractivity contribution in [2.45, 2.75) is 27.1 Å². The highest BCUT2D eigenvalue weighted by molar-refractivity contribution is 8.00. The third kappa shape index (κ3) is 3.38. The van der Waals surface area contributed by atoms with E-state index in [9.17, 15) is 4.79 Å². The van der Waals surface area contributed by atoms with Gasteiger partial charge in [-0.25, -0.2) is 0 Å². The summed E-state index contributed by atoms with van der Waals surface area (Å²) in [6, 6.07) is 25.6. The van der Waals surface area contributed by atoms with E-state index in [2.05, 4.69) is 15.5 Å². The first kappa shape index (κ1) is 18.9. The number of para-hydroxylation sites is 3. The number of benzene rings is 3. The van der Waals surface area contributed by atoms with E-state index in [1.54, 1.807) is 16.4 Å². The lowest BCUT2D eigenvalue weighted by molar-refractivity contribution is -0.117. The van der Waals surface area contributed by atoms with Crippen LogP contribution in [0.3, 0.4) is 0 Å². The topological polar surface area (TPSA) is 63.9 Å². The van der Waals surface area contributed by atoms with E-state index in [-0.39, 0.29) is 11.2 Å². The van der Waals surface area contributed by atoms with Crippen LogP contribution in [0.15, 0.2) is 93.8 Å². The van der Waals surface area contributed by atoms with Gasteiger partial charge in [0.1, 0.15) is 0 Å². The summed E-state index contributed by atoms with van der Waals surface area (Å²) in [6.45, 7) is 1.89. The number of hydrogen-bond acceptors (Lipinski definition) is 6. The molecule has 148 valence electrons. The molecule has 30 heavy (non-hydrogen) atoms. The van der Waals surface area contributed by atoms with Gasteiger partial charge in [0.25, 0.3) is 0 Å². The summed E-state index contributed by atoms with van der Waals surface area (Å²) in [4.78, 5) is 17.6. The minimum atomic E-state index is -0.386. The maximum Gasteiger partial charge on any atom is 0.244 e. The Morgan fingerprint density at radius 2 is 1.50 bits per heavy atom. The van der Waals surface area contributed by atoms with Crippen LogP contribution in [0, 0.1) is 0 Å². The number of anilines is 2. The molecular weight excluding hydrogens is 414 g/mol. The Morgan fingerprint density at radius 1 is 0.900 bits per heavy atom. The van der Waals surface area contributed by atoms with Crippen LogP contribution in [0.4, 0.5) is 11.4 Å². The van der Waals surface area contributed by atoms with E-state index >= 15 is 0 Å². The summed E-state index contributed by atoms with van der Waals surface area (Å²) < 4.78 is 1.66. The second-order valence-corrected chi connectivity index (χ2v) is 9.07. The van der Waals surface area contributed by atoms with Gasteiger partial charge >= 0.3 is 0 Å². The van der Waals surface area contributed by atoms with Gasteiger partial charge in [0.15, 0.2) is 0 Å². The predicted molar refractivity (Wildman–Crippen MR) is 119 cm³/mol. The van der Waals surface area contributed by atoms with Gasteiger partial charge in [-0.15, -0.1) is 5.10 Å². The summed E-state index contributed by atoms with van der Waals surface area (Å²) in [7, 11) is 0. The number of tetrazole rings is 1. The molecule has 1 unspecified atom stereocenters. The van der Waals surface area contributed by atoms with Gasteiger partial charge in [-0.2, -0.15) is 4.68 Å². The number of rotatable bonds is 4. The van der Waals surface area contributed by atoms with Gasteiger partial charge in [-0.1, -0.05) is 66.0 Å². The molecule has 0 N–H and O–H groups in total. The maximum atomic E-state index is 13.6. The lowest BCUT2D eigenvalue weighted by atomic mass is 10.2. The van der Waals surface area contributed by atoms with E-state index < -0.39 is 0 Å². The second-order valence-electron chi connectivity index (χ2n) is 6.68. The van der Waals surface area contributed by atoms with Crippen LogP contribution in [-0.4, -0.2) is 31.4 Å². The lowest BCUT2D eigenvalue weighted by Gasteiger charge is -2.32. The summed E-state index contributed by atoms with van der Waals surface area (Å²) in [5.41, 5.74) is 2.66. The summed E-state index contributed by atoms with van der Waals surface area (Å²) in [6.07, 6.45) is 0. The molecule has 0 saturated heterocycles. The fourth-order valence-electron chi connectivity index (χ4n) is 3.32. The average molecular weight is 432 g/mol. The van der Waals surface area contributed by atoms with E-state index in [4.69, 9.17) is 0 Å². The van der Waals surface area contributed by atoms with Crippen LogP contribution in [0.1, 0.15) is 6.92 Å². The van der Waals surface area contributed by atoms with E-state index in [0.717, 1.165) is 26.9 Å². The number of aromatic nitrogens is 4. The van der Waals surface area contributed by atoms with Gasteiger partial charge in [0.2, 0.25) is 11.1 Å². The van der Waals surface area contributed by atoms with Gasteiger partial charge in [-0.05, 0) is 53.7 Å². The molecule has 1 aliphatic rings. The standard InChI is InChI=1S/C22H17N5OS2/c1-15(29-22-23-24-25-27(22)16-9-3-2-4-10-16)21(28)26-17-11-5-7-13-19(17)30-20-14-8-6-12-18(20)26/h2-15H,1H3. The first-order valence-corrected chi connectivity index (χ1v) is 11.1. The number of thioether (sulfide) groups is 1. The van der Waals surface area contributed by atoms with Gasteiger partial charge in [0.05, 0.1) is 22.3 Å². The smallest absolute Gasteiger partial charge is 0.244 e. The van der Waals surface area contributed by atoms with Crippen molar-refractivity contribution in [3.05, 3.63) is 78.9 Å². The highest BCUT2D eigenvalue weighted by atomic mass is 32.2. The summed E-state index contributed by atoms with van der Waals surface area (Å²) in [5, 5.41) is 12.2. The van der Waals surface area contributed by atoms with Gasteiger partial charge < -0.3 is 0 Å². The molecule has 1 amide bonds. The number of amides is 1. The zero-order valence-electron chi connectivity index (χ0n) is 16.0. The molecular formula is C22H17N5OS2. The molecule has 1 aliphatic heterocycles. The van der Waals surface area contributed by atoms with Crippen LogP contribution in [-0.2, 0) is 4.79 Å². The second kappa shape index (κ2) is 7.97. The molecule has 3 aromatic carbocycles. The van der Waals surface area contributed by atoms with Crippen molar-refractivity contribution in [3.8, 4) is 5.69 Å². The Bertz CT molecular complexity index is 1170. The van der Waals surface area contributed by atoms with Crippen molar-refractivity contribution in [2.75, 3.05) is 4.90 Å². The molecule has 0 bridgehead atoms. The SMILES string of the molecule is CC(Sc1nnnn1-c1ccccc1)C(=O)N1c2ccccc2Sc2ccccc21. The number of nitrogens with zero attached hydrogens (tertiary/aromatic N) is 5. The Labute approximate surface area is 182 Å². The van der Waals surface area contributed by atoms with E-state index in [1.807, 2.05) is 90.7 Å². The van der Waals surface area contributed by atoms with E-state index in [0.29, 0.717) is 5.16 Å². The molecule has 2 heterocycles. The minimum absolute atomic E-state index is 0.0113. The molecule has 5 rings (SSSR count). The van der Waals surface area contributed by atoms with Crippen molar-refractivity contribution >= 4 is 40.8 Å². The zero-order valence-corrected chi connectivity index (χ0v) is 17.7. The average Bonchev–Trinajstić information content (AvgIpc) is 3.25. The fraction of sp³-hybridized carbons (Fsp3) is 0.0909. The maximum absolute atomic E-state index is 13.6. The number of fused-ring (bicyclic) bond motifs is 2. The summed E-state index contributed by atoms with van der Waals surface area (Å²) in [5.74, 6) is -0.0113. The Morgan fingerprint density at radius 3 is 2.17 bits per heavy atom. The molecule has 0 radical (unpaired) electrons. The third-order valence-corrected chi connectivity index (χ3v) is 6.88. The normalized spacial score (nSPS) is 13.4. The molecule has 1 aromatic heterocycles. The van der Waals surface area contributed by atoms with Crippen molar-refractivity contribution in [3.63, 3.8) is 0 Å². The van der Waals surface area contributed by atoms with Crippen LogP contribution in [0.25, 0.3) is 5.69 Å². The molecule has 6 nitrogen and oxygen atoms in total. The molecule has 0 fully saturated rings. The van der Waals surface area contributed by atoms with Crippen LogP contribution < -0.4 is 4.90 Å². The highest BCUT2D eigenvalue weighted by Crippen LogP contribution is 2.48. The molecule has 0 aliphatic carbocycles. The molecule has 8 heteroatoms. The molecule has 4 aromatic rings. The Hall–Kier alpha value is -3.10. The first-order chi connectivity index (χ1) is 14.7. The van der Waals surface area contributed by atoms with Crippen LogP contribution in [0.5, 0.6) is 0 Å². The molecule has 1 atom stereocenters. The molecule has 0 spiro atoms. The van der Waals surface area contributed by atoms with Crippen molar-refractivity contribution < 1.29 is 4.79 Å². The van der Waals surface area contributed by atoms with Crippen molar-refractivity contribution in [1.82, 2.24) is 20.2 Å². The minimum Gasteiger partial charge on any atom is -0.278 e. The van der Waals surface area contributed by atoms with Crippen molar-refractivity contribution in [1.29, 1.82) is 0 Å². The van der Waals surface area contributed by atoms with Gasteiger partial charge in [-0.3, -0.25) is 9.69 Å². The van der Waals surface area contributed by atoms with E-state index in [1.165, 1.54) is 11.8 Å². The predicted octanol–water partition coefficient (Wildman–Crippen LogP) is 4.97. The quantitative estimate of drug-likeness (QED) is 0.425. The Kier molecular flexibility index (Phi) is 5.02. The highest BCUT2D eigenvalue weighted by Gasteiger charge is 2.32. The number of carbonyl (C=O) groups excluding carboxylic acids is 1. The Balaban J connectivity index is 1.47. The fourth-order valence-corrected chi connectivity index (χ4v) is 5.22. The third-order valence-electron chi connectivity index (χ3n) is 4.72. The summed E-state index contributed by atoms with van der Waals surface area (Å²) >= 11 is 3.03. The lowest BCUT2D eigenvalue weighted by Crippen LogP contribution is -2.34. The largest absolute Gasteiger partial charge is 0.278 e. The number of hydrogen-bond donors (Lipinski definition) is 0. The van der Waals surface area contributed by atoms with Crippen LogP contribution >= 0.6 is 23.5 Å². The monoisotopic (exact) mass is 431 g/mol.